The number of carbonyl (C=O) groups is 1. The van der Waals surface area contributed by atoms with E-state index in [0.717, 1.165) is 15.8 Å². The van der Waals surface area contributed by atoms with Gasteiger partial charge in [0.2, 0.25) is 0 Å². The van der Waals surface area contributed by atoms with Gasteiger partial charge >= 0.3 is 0 Å². The maximum Gasteiger partial charge on any atom is 0.261 e. The summed E-state index contributed by atoms with van der Waals surface area (Å²) in [5, 5.41) is 2.69. The number of nitrogens with one attached hydrogen (secondary N) is 1. The summed E-state index contributed by atoms with van der Waals surface area (Å²) in [6.45, 7) is 7.65. The minimum atomic E-state index is -0.519. The number of hydrogen-bond donors (Lipinski definition) is 1. The van der Waals surface area contributed by atoms with E-state index < -0.39 is 6.10 Å². The molecular formula is C13H16BrNO2. The fourth-order valence-corrected chi connectivity index (χ4v) is 1.78. The number of carbonyl (C=O) groups excluding carboxylic acids is 1. The van der Waals surface area contributed by atoms with E-state index in [1.54, 1.807) is 13.0 Å². The third-order valence-corrected chi connectivity index (χ3v) is 2.72. The average molecular weight is 298 g/mol. The van der Waals surface area contributed by atoms with Crippen molar-refractivity contribution < 1.29 is 9.53 Å². The first kappa shape index (κ1) is 13.8. The summed E-state index contributed by atoms with van der Waals surface area (Å²) in [4.78, 5) is 11.6. The Morgan fingerprint density at radius 2 is 2.35 bits per heavy atom. The van der Waals surface area contributed by atoms with Crippen molar-refractivity contribution in [2.75, 3.05) is 6.54 Å². The molecule has 17 heavy (non-hydrogen) atoms. The highest BCUT2D eigenvalue weighted by Crippen LogP contribution is 2.23. The van der Waals surface area contributed by atoms with Gasteiger partial charge in [0.1, 0.15) is 5.75 Å². The SMILES string of the molecule is C=CCNC(=O)C(C)Oc1ccc(Br)cc1C. The lowest BCUT2D eigenvalue weighted by Crippen LogP contribution is -2.36. The Kier molecular flexibility index (Phi) is 5.22. The van der Waals surface area contributed by atoms with Crippen molar-refractivity contribution in [2.24, 2.45) is 0 Å². The smallest absolute Gasteiger partial charge is 0.261 e. The summed E-state index contributed by atoms with van der Waals surface area (Å²) in [7, 11) is 0. The zero-order valence-corrected chi connectivity index (χ0v) is 11.6. The highest BCUT2D eigenvalue weighted by Gasteiger charge is 2.14. The first-order valence-electron chi connectivity index (χ1n) is 5.36. The highest BCUT2D eigenvalue weighted by atomic mass is 79.9. The van der Waals surface area contributed by atoms with E-state index in [9.17, 15) is 4.79 Å². The molecule has 0 saturated heterocycles. The van der Waals surface area contributed by atoms with Gasteiger partial charge in [0.15, 0.2) is 6.10 Å². The highest BCUT2D eigenvalue weighted by molar-refractivity contribution is 9.10. The van der Waals surface area contributed by atoms with E-state index in [-0.39, 0.29) is 5.91 Å². The van der Waals surface area contributed by atoms with Gasteiger partial charge in [0, 0.05) is 11.0 Å². The second kappa shape index (κ2) is 6.45. The molecule has 1 aromatic carbocycles. The van der Waals surface area contributed by atoms with Gasteiger partial charge < -0.3 is 10.1 Å². The summed E-state index contributed by atoms with van der Waals surface area (Å²) in [5.74, 6) is 0.571. The maximum atomic E-state index is 11.6. The second-order valence-electron chi connectivity index (χ2n) is 3.70. The third kappa shape index (κ3) is 4.23. The van der Waals surface area contributed by atoms with Crippen LogP contribution in [0.4, 0.5) is 0 Å². The number of aryl methyl sites for hydroxylation is 1. The molecule has 0 aromatic heterocycles. The van der Waals surface area contributed by atoms with E-state index in [1.165, 1.54) is 0 Å². The van der Waals surface area contributed by atoms with E-state index in [1.807, 2.05) is 25.1 Å². The molecule has 3 nitrogen and oxygen atoms in total. The van der Waals surface area contributed by atoms with E-state index >= 15 is 0 Å². The number of ether oxygens (including phenoxy) is 1. The van der Waals surface area contributed by atoms with Gasteiger partial charge in [-0.25, -0.2) is 0 Å². The van der Waals surface area contributed by atoms with Gasteiger partial charge in [0.25, 0.3) is 5.91 Å². The van der Waals surface area contributed by atoms with Gasteiger partial charge in [-0.1, -0.05) is 22.0 Å². The van der Waals surface area contributed by atoms with Gasteiger partial charge in [0.05, 0.1) is 0 Å². The third-order valence-electron chi connectivity index (χ3n) is 2.23. The first-order valence-corrected chi connectivity index (χ1v) is 6.15. The predicted octanol–water partition coefficient (Wildman–Crippen LogP) is 2.83. The molecule has 0 radical (unpaired) electrons. The van der Waals surface area contributed by atoms with Gasteiger partial charge in [-0.2, -0.15) is 0 Å². The number of halogens is 1. The van der Waals surface area contributed by atoms with Crippen molar-refractivity contribution in [2.45, 2.75) is 20.0 Å². The zero-order valence-electron chi connectivity index (χ0n) is 10.00. The maximum absolute atomic E-state index is 11.6. The summed E-state index contributed by atoms with van der Waals surface area (Å²) in [6, 6.07) is 5.68. The van der Waals surface area contributed by atoms with Crippen molar-refractivity contribution in [3.8, 4) is 5.75 Å². The molecule has 92 valence electrons. The number of amides is 1. The summed E-state index contributed by atoms with van der Waals surface area (Å²) < 4.78 is 6.58. The minimum Gasteiger partial charge on any atom is -0.481 e. The van der Waals surface area contributed by atoms with Crippen LogP contribution in [0.3, 0.4) is 0 Å². The Hall–Kier alpha value is -1.29. The van der Waals surface area contributed by atoms with Gasteiger partial charge in [-0.05, 0) is 37.6 Å². The van der Waals surface area contributed by atoms with Crippen molar-refractivity contribution in [1.29, 1.82) is 0 Å². The van der Waals surface area contributed by atoms with E-state index in [2.05, 4.69) is 27.8 Å². The van der Waals surface area contributed by atoms with Crippen LogP contribution in [-0.4, -0.2) is 18.6 Å². The molecule has 0 aliphatic rings. The molecule has 0 fully saturated rings. The average Bonchev–Trinajstić information content (AvgIpc) is 2.29. The fourth-order valence-electron chi connectivity index (χ4n) is 1.31. The molecule has 0 aliphatic heterocycles. The Bertz CT molecular complexity index is 418. The molecule has 0 aliphatic carbocycles. The summed E-state index contributed by atoms with van der Waals surface area (Å²) >= 11 is 3.38. The molecule has 0 saturated carbocycles. The van der Waals surface area contributed by atoms with E-state index in [4.69, 9.17) is 4.74 Å². The molecule has 0 heterocycles. The Morgan fingerprint density at radius 3 is 2.94 bits per heavy atom. The quantitative estimate of drug-likeness (QED) is 0.849. The molecule has 0 spiro atoms. The Labute approximate surface area is 110 Å². The van der Waals surface area contributed by atoms with Gasteiger partial charge in [-0.15, -0.1) is 6.58 Å². The van der Waals surface area contributed by atoms with Crippen LogP contribution < -0.4 is 10.1 Å². The first-order chi connectivity index (χ1) is 8.04. The Morgan fingerprint density at radius 1 is 1.65 bits per heavy atom. The van der Waals surface area contributed by atoms with Crippen LogP contribution in [0.1, 0.15) is 12.5 Å². The summed E-state index contributed by atoms with van der Waals surface area (Å²) in [5.41, 5.74) is 0.989. The lowest BCUT2D eigenvalue weighted by Gasteiger charge is -2.15. The molecule has 1 rings (SSSR count). The van der Waals surface area contributed by atoms with Crippen molar-refractivity contribution in [3.05, 3.63) is 40.9 Å². The molecule has 0 bridgehead atoms. The minimum absolute atomic E-state index is 0.146. The van der Waals surface area contributed by atoms with Crippen LogP contribution >= 0.6 is 15.9 Å². The van der Waals surface area contributed by atoms with Gasteiger partial charge in [-0.3, -0.25) is 4.79 Å². The number of rotatable bonds is 5. The monoisotopic (exact) mass is 297 g/mol. The topological polar surface area (TPSA) is 38.3 Å². The van der Waals surface area contributed by atoms with Crippen molar-refractivity contribution >= 4 is 21.8 Å². The van der Waals surface area contributed by atoms with Crippen LogP contribution in [0.25, 0.3) is 0 Å². The number of hydrogen-bond acceptors (Lipinski definition) is 2. The predicted molar refractivity (Wildman–Crippen MR) is 72.2 cm³/mol. The van der Waals surface area contributed by atoms with Crippen molar-refractivity contribution in [1.82, 2.24) is 5.32 Å². The second-order valence-corrected chi connectivity index (χ2v) is 4.62. The van der Waals surface area contributed by atoms with Crippen LogP contribution in [0.5, 0.6) is 5.75 Å². The molecular weight excluding hydrogens is 282 g/mol. The largest absolute Gasteiger partial charge is 0.481 e. The molecule has 1 unspecified atom stereocenters. The van der Waals surface area contributed by atoms with Crippen LogP contribution in [-0.2, 0) is 4.79 Å². The van der Waals surface area contributed by atoms with Crippen LogP contribution in [0.2, 0.25) is 0 Å². The molecule has 4 heteroatoms. The normalized spacial score (nSPS) is 11.7. The van der Waals surface area contributed by atoms with Crippen LogP contribution in [0.15, 0.2) is 35.3 Å². The molecule has 1 amide bonds. The molecule has 1 N–H and O–H groups in total. The summed E-state index contributed by atoms with van der Waals surface area (Å²) in [6.07, 6.45) is 1.12. The lowest BCUT2D eigenvalue weighted by molar-refractivity contribution is -0.127. The molecule has 1 aromatic rings. The fraction of sp³-hybridized carbons (Fsp3) is 0.308. The molecule has 1 atom stereocenters. The standard InChI is InChI=1S/C13H16BrNO2/c1-4-7-15-13(16)10(3)17-12-6-5-11(14)8-9(12)2/h4-6,8,10H,1,7H2,2-3H3,(H,15,16). The number of benzene rings is 1. The van der Waals surface area contributed by atoms with Crippen LogP contribution in [0, 0.1) is 6.92 Å². The Balaban J connectivity index is 2.64. The zero-order chi connectivity index (χ0) is 12.8. The van der Waals surface area contributed by atoms with Crippen molar-refractivity contribution in [3.63, 3.8) is 0 Å². The lowest BCUT2D eigenvalue weighted by atomic mass is 10.2. The van der Waals surface area contributed by atoms with E-state index in [0.29, 0.717) is 6.54 Å².